The standard InChI is InChI=1S/C20H16ClN5O5/c1-29-13-2-3-14(21)15(9-13)31-17-16(18(23)28)25-19(26-20(17)30-7-6-27)11-4-5-24-12(8-11)10-22/h2-5,8-9,27H,6-7H2,1H3,(H2,23,28). The van der Waals surface area contributed by atoms with Crippen LogP contribution in [0.15, 0.2) is 36.5 Å². The van der Waals surface area contributed by atoms with Crippen LogP contribution in [-0.2, 0) is 0 Å². The number of nitrogens with zero attached hydrogens (tertiary/aromatic N) is 4. The Morgan fingerprint density at radius 3 is 2.77 bits per heavy atom. The molecule has 0 fully saturated rings. The second-order valence-electron chi connectivity index (χ2n) is 5.91. The molecule has 0 atom stereocenters. The van der Waals surface area contributed by atoms with Crippen LogP contribution >= 0.6 is 11.6 Å². The molecule has 2 heterocycles. The third-order valence-electron chi connectivity index (χ3n) is 3.88. The van der Waals surface area contributed by atoms with Crippen LogP contribution in [-0.4, -0.2) is 46.3 Å². The molecule has 2 aromatic heterocycles. The first-order chi connectivity index (χ1) is 15.0. The molecule has 0 radical (unpaired) electrons. The average molecular weight is 442 g/mol. The summed E-state index contributed by atoms with van der Waals surface area (Å²) in [6.07, 6.45) is 1.40. The molecule has 0 aliphatic rings. The highest BCUT2D eigenvalue weighted by Crippen LogP contribution is 2.39. The van der Waals surface area contributed by atoms with E-state index in [9.17, 15) is 9.90 Å². The van der Waals surface area contributed by atoms with Crippen LogP contribution in [0, 0.1) is 11.3 Å². The Labute approximate surface area is 181 Å². The topological polar surface area (TPSA) is 153 Å². The molecule has 0 spiro atoms. The van der Waals surface area contributed by atoms with E-state index < -0.39 is 5.91 Å². The number of hydrogen-bond donors (Lipinski definition) is 2. The van der Waals surface area contributed by atoms with Crippen LogP contribution in [0.5, 0.6) is 23.1 Å². The van der Waals surface area contributed by atoms with Crippen LogP contribution in [0.25, 0.3) is 11.4 Å². The fourth-order valence-electron chi connectivity index (χ4n) is 2.49. The van der Waals surface area contributed by atoms with Gasteiger partial charge >= 0.3 is 0 Å². The van der Waals surface area contributed by atoms with Gasteiger partial charge in [-0.1, -0.05) is 11.6 Å². The number of amides is 1. The highest BCUT2D eigenvalue weighted by Gasteiger charge is 2.24. The number of ether oxygens (including phenoxy) is 3. The Bertz CT molecular complexity index is 1170. The number of benzene rings is 1. The molecular formula is C20H16ClN5O5. The van der Waals surface area contributed by atoms with E-state index in [1.165, 1.54) is 25.4 Å². The number of aliphatic hydroxyl groups excluding tert-OH is 1. The monoisotopic (exact) mass is 441 g/mol. The lowest BCUT2D eigenvalue weighted by molar-refractivity contribution is 0.0991. The van der Waals surface area contributed by atoms with Gasteiger partial charge in [0.2, 0.25) is 5.75 Å². The maximum Gasteiger partial charge on any atom is 0.271 e. The van der Waals surface area contributed by atoms with Gasteiger partial charge in [0.25, 0.3) is 11.8 Å². The molecule has 11 heteroatoms. The number of aliphatic hydroxyl groups is 1. The summed E-state index contributed by atoms with van der Waals surface area (Å²) < 4.78 is 16.4. The maximum absolute atomic E-state index is 12.2. The van der Waals surface area contributed by atoms with E-state index in [4.69, 9.17) is 36.8 Å². The van der Waals surface area contributed by atoms with Crippen molar-refractivity contribution in [3.63, 3.8) is 0 Å². The molecule has 1 aromatic carbocycles. The molecule has 3 N–H and O–H groups in total. The third-order valence-corrected chi connectivity index (χ3v) is 4.19. The van der Waals surface area contributed by atoms with E-state index >= 15 is 0 Å². The number of halogens is 1. The minimum Gasteiger partial charge on any atom is -0.497 e. The minimum absolute atomic E-state index is 0.0460. The summed E-state index contributed by atoms with van der Waals surface area (Å²) in [6, 6.07) is 9.57. The summed E-state index contributed by atoms with van der Waals surface area (Å²) in [5.74, 6) is -0.608. The summed E-state index contributed by atoms with van der Waals surface area (Å²) in [6.45, 7) is -0.463. The zero-order valence-corrected chi connectivity index (χ0v) is 17.0. The number of hydrogen-bond acceptors (Lipinski definition) is 9. The molecule has 31 heavy (non-hydrogen) atoms. The smallest absolute Gasteiger partial charge is 0.271 e. The Balaban J connectivity index is 2.17. The quantitative estimate of drug-likeness (QED) is 0.535. The molecule has 158 valence electrons. The van der Waals surface area contributed by atoms with Crippen molar-refractivity contribution < 1.29 is 24.1 Å². The van der Waals surface area contributed by atoms with Gasteiger partial charge < -0.3 is 25.1 Å². The van der Waals surface area contributed by atoms with Gasteiger partial charge in [0.1, 0.15) is 29.9 Å². The number of nitriles is 1. The predicted octanol–water partition coefficient (Wildman–Crippen LogP) is 2.33. The second-order valence-corrected chi connectivity index (χ2v) is 6.31. The first kappa shape index (κ1) is 21.8. The number of aromatic nitrogens is 3. The number of methoxy groups -OCH3 is 1. The number of primary amides is 1. The van der Waals surface area contributed by atoms with Crippen LogP contribution in [0.2, 0.25) is 5.02 Å². The van der Waals surface area contributed by atoms with Gasteiger partial charge in [-0.3, -0.25) is 4.79 Å². The molecule has 0 aliphatic heterocycles. The van der Waals surface area contributed by atoms with Crippen molar-refractivity contribution in [1.29, 1.82) is 5.26 Å². The highest BCUT2D eigenvalue weighted by molar-refractivity contribution is 6.32. The van der Waals surface area contributed by atoms with E-state index in [2.05, 4.69) is 15.0 Å². The first-order valence-corrected chi connectivity index (χ1v) is 9.18. The van der Waals surface area contributed by atoms with Crippen LogP contribution < -0.4 is 19.9 Å². The molecular weight excluding hydrogens is 426 g/mol. The number of nitrogens with two attached hydrogens (primary N) is 1. The van der Waals surface area contributed by atoms with Crippen molar-refractivity contribution in [3.8, 4) is 40.6 Å². The number of carbonyl (C=O) groups excluding carboxylic acids is 1. The minimum atomic E-state index is -0.916. The molecule has 10 nitrogen and oxygen atoms in total. The number of rotatable bonds is 8. The van der Waals surface area contributed by atoms with E-state index in [0.717, 1.165) is 0 Å². The van der Waals surface area contributed by atoms with E-state index in [1.807, 2.05) is 6.07 Å². The summed E-state index contributed by atoms with van der Waals surface area (Å²) in [5.41, 5.74) is 5.77. The van der Waals surface area contributed by atoms with Gasteiger partial charge in [-0.05, 0) is 24.3 Å². The Kier molecular flexibility index (Phi) is 6.81. The van der Waals surface area contributed by atoms with Crippen molar-refractivity contribution in [2.24, 2.45) is 5.73 Å². The average Bonchev–Trinajstić information content (AvgIpc) is 2.79. The lowest BCUT2D eigenvalue weighted by Crippen LogP contribution is -2.17. The highest BCUT2D eigenvalue weighted by atomic mass is 35.5. The van der Waals surface area contributed by atoms with Crippen molar-refractivity contribution in [2.45, 2.75) is 0 Å². The SMILES string of the molecule is COc1ccc(Cl)c(Oc2c(OCCO)nc(-c3ccnc(C#N)c3)nc2C(N)=O)c1. The van der Waals surface area contributed by atoms with Crippen LogP contribution in [0.1, 0.15) is 16.2 Å². The Morgan fingerprint density at radius 1 is 1.29 bits per heavy atom. The van der Waals surface area contributed by atoms with E-state index in [-0.39, 0.29) is 52.8 Å². The zero-order valence-electron chi connectivity index (χ0n) is 16.2. The van der Waals surface area contributed by atoms with Crippen molar-refractivity contribution in [3.05, 3.63) is 52.9 Å². The zero-order chi connectivity index (χ0) is 22.4. The fourth-order valence-corrected chi connectivity index (χ4v) is 2.64. The van der Waals surface area contributed by atoms with E-state index in [0.29, 0.717) is 11.3 Å². The molecule has 3 aromatic rings. The largest absolute Gasteiger partial charge is 0.497 e. The molecule has 0 bridgehead atoms. The fraction of sp³-hybridized carbons (Fsp3) is 0.150. The van der Waals surface area contributed by atoms with E-state index in [1.54, 1.807) is 18.2 Å². The van der Waals surface area contributed by atoms with Crippen molar-refractivity contribution in [2.75, 3.05) is 20.3 Å². The van der Waals surface area contributed by atoms with Gasteiger partial charge in [-0.15, -0.1) is 0 Å². The molecule has 0 saturated carbocycles. The van der Waals surface area contributed by atoms with Gasteiger partial charge in [-0.25, -0.2) is 9.97 Å². The molecule has 0 unspecified atom stereocenters. The molecule has 0 saturated heterocycles. The van der Waals surface area contributed by atoms with Crippen LogP contribution in [0.3, 0.4) is 0 Å². The van der Waals surface area contributed by atoms with Crippen molar-refractivity contribution in [1.82, 2.24) is 15.0 Å². The normalized spacial score (nSPS) is 10.3. The lowest BCUT2D eigenvalue weighted by atomic mass is 10.2. The summed E-state index contributed by atoms with van der Waals surface area (Å²) in [7, 11) is 1.47. The maximum atomic E-state index is 12.2. The van der Waals surface area contributed by atoms with Gasteiger partial charge in [0.05, 0.1) is 18.7 Å². The molecule has 0 aliphatic carbocycles. The molecule has 3 rings (SSSR count). The Morgan fingerprint density at radius 2 is 2.10 bits per heavy atom. The molecule has 1 amide bonds. The third kappa shape index (κ3) is 4.98. The van der Waals surface area contributed by atoms with Gasteiger partial charge in [-0.2, -0.15) is 10.2 Å². The van der Waals surface area contributed by atoms with Crippen molar-refractivity contribution >= 4 is 17.5 Å². The summed E-state index contributed by atoms with van der Waals surface area (Å²) in [4.78, 5) is 24.5. The number of carbonyl (C=O) groups is 1. The predicted molar refractivity (Wildman–Crippen MR) is 109 cm³/mol. The van der Waals surface area contributed by atoms with Gasteiger partial charge in [0, 0.05) is 17.8 Å². The first-order valence-electron chi connectivity index (χ1n) is 8.80. The summed E-state index contributed by atoms with van der Waals surface area (Å²) in [5, 5.41) is 18.5. The second kappa shape index (κ2) is 9.71. The van der Waals surface area contributed by atoms with Crippen LogP contribution in [0.4, 0.5) is 0 Å². The van der Waals surface area contributed by atoms with Gasteiger partial charge in [0.15, 0.2) is 11.5 Å². The number of pyridine rings is 1. The Hall–Kier alpha value is -3.94. The summed E-state index contributed by atoms with van der Waals surface area (Å²) >= 11 is 6.20. The lowest BCUT2D eigenvalue weighted by Gasteiger charge is -2.16.